The first-order valence-electron chi connectivity index (χ1n) is 7.35. The average molecular weight is 308 g/mol. The molecular formula is C16H24N2O2S. The van der Waals surface area contributed by atoms with Crippen molar-refractivity contribution < 1.29 is 9.53 Å². The number of amides is 1. The molecule has 0 saturated heterocycles. The highest BCUT2D eigenvalue weighted by Crippen LogP contribution is 2.18. The summed E-state index contributed by atoms with van der Waals surface area (Å²) in [7, 11) is 0. The zero-order chi connectivity index (χ0) is 15.7. The number of nitrogens with one attached hydrogen (secondary N) is 2. The number of carbonyl (C=O) groups is 1. The number of carbonyl (C=O) groups excluding carboxylic acids is 1. The van der Waals surface area contributed by atoms with Gasteiger partial charge in [-0.25, -0.2) is 0 Å². The molecule has 21 heavy (non-hydrogen) atoms. The van der Waals surface area contributed by atoms with E-state index >= 15 is 0 Å². The first kappa shape index (κ1) is 17.4. The number of hydrogen-bond donors (Lipinski definition) is 2. The van der Waals surface area contributed by atoms with Crippen molar-refractivity contribution in [2.75, 3.05) is 11.9 Å². The minimum absolute atomic E-state index is 0.0541. The summed E-state index contributed by atoms with van der Waals surface area (Å²) in [6, 6.07) is 7.54. The van der Waals surface area contributed by atoms with E-state index in [1.54, 1.807) is 0 Å². The molecule has 0 heterocycles. The van der Waals surface area contributed by atoms with Crippen molar-refractivity contribution in [1.29, 1.82) is 0 Å². The fourth-order valence-electron chi connectivity index (χ4n) is 1.62. The van der Waals surface area contributed by atoms with Crippen molar-refractivity contribution in [2.24, 2.45) is 5.92 Å². The van der Waals surface area contributed by atoms with E-state index in [2.05, 4.69) is 24.5 Å². The van der Waals surface area contributed by atoms with Crippen LogP contribution in [0.2, 0.25) is 0 Å². The number of rotatable bonds is 7. The predicted molar refractivity (Wildman–Crippen MR) is 90.7 cm³/mol. The Morgan fingerprint density at radius 2 is 2.14 bits per heavy atom. The number of unbranched alkanes of at least 4 members (excludes halogenated alkanes) is 1. The highest BCUT2D eigenvalue weighted by Gasteiger charge is 2.05. The Kier molecular flexibility index (Phi) is 7.75. The number of hydrogen-bond acceptors (Lipinski definition) is 3. The third-order valence-corrected chi connectivity index (χ3v) is 2.89. The SMILES string of the molecule is CCCCC(=O)NC(=S)Nc1cccc(OCC(C)C)c1. The van der Waals surface area contributed by atoms with Gasteiger partial charge in [-0.2, -0.15) is 0 Å². The van der Waals surface area contributed by atoms with Crippen LogP contribution >= 0.6 is 12.2 Å². The van der Waals surface area contributed by atoms with Crippen LogP contribution in [0.15, 0.2) is 24.3 Å². The maximum atomic E-state index is 11.6. The van der Waals surface area contributed by atoms with Crippen molar-refractivity contribution in [3.63, 3.8) is 0 Å². The van der Waals surface area contributed by atoms with Crippen LogP contribution < -0.4 is 15.4 Å². The minimum Gasteiger partial charge on any atom is -0.493 e. The second kappa shape index (κ2) is 9.34. The number of thiocarbonyl (C=S) groups is 1. The molecule has 0 radical (unpaired) electrons. The van der Waals surface area contributed by atoms with Gasteiger partial charge in [0.05, 0.1) is 6.61 Å². The van der Waals surface area contributed by atoms with E-state index in [1.807, 2.05) is 31.2 Å². The molecule has 0 aliphatic heterocycles. The van der Waals surface area contributed by atoms with Crippen LogP contribution in [0.3, 0.4) is 0 Å². The zero-order valence-corrected chi connectivity index (χ0v) is 13.8. The van der Waals surface area contributed by atoms with E-state index in [0.29, 0.717) is 24.1 Å². The molecule has 2 N–H and O–H groups in total. The van der Waals surface area contributed by atoms with Gasteiger partial charge in [-0.15, -0.1) is 0 Å². The summed E-state index contributed by atoms with van der Waals surface area (Å²) >= 11 is 5.13. The van der Waals surface area contributed by atoms with Crippen LogP contribution in [-0.4, -0.2) is 17.6 Å². The van der Waals surface area contributed by atoms with Crippen molar-refractivity contribution in [1.82, 2.24) is 5.32 Å². The van der Waals surface area contributed by atoms with E-state index < -0.39 is 0 Å². The van der Waals surface area contributed by atoms with Gasteiger partial charge in [-0.3, -0.25) is 4.79 Å². The molecule has 1 rings (SSSR count). The lowest BCUT2D eigenvalue weighted by atomic mass is 10.2. The van der Waals surface area contributed by atoms with Crippen LogP contribution in [0, 0.1) is 5.92 Å². The quantitative estimate of drug-likeness (QED) is 0.754. The molecule has 116 valence electrons. The summed E-state index contributed by atoms with van der Waals surface area (Å²) in [5, 5.41) is 5.99. The number of benzene rings is 1. The second-order valence-electron chi connectivity index (χ2n) is 5.34. The first-order chi connectivity index (χ1) is 10.0. The molecule has 0 aromatic heterocycles. The lowest BCUT2D eigenvalue weighted by Gasteiger charge is -2.12. The molecule has 0 fully saturated rings. The lowest BCUT2D eigenvalue weighted by molar-refractivity contribution is -0.119. The van der Waals surface area contributed by atoms with Gasteiger partial charge in [0.25, 0.3) is 0 Å². The summed E-state index contributed by atoms with van der Waals surface area (Å²) in [6.07, 6.45) is 2.35. The van der Waals surface area contributed by atoms with Crippen molar-refractivity contribution >= 4 is 28.9 Å². The van der Waals surface area contributed by atoms with Crippen LogP contribution in [0.1, 0.15) is 40.0 Å². The topological polar surface area (TPSA) is 50.4 Å². The van der Waals surface area contributed by atoms with Gasteiger partial charge in [0.15, 0.2) is 5.11 Å². The van der Waals surface area contributed by atoms with Gasteiger partial charge >= 0.3 is 0 Å². The molecule has 0 bridgehead atoms. The van der Waals surface area contributed by atoms with Crippen LogP contribution in [0.5, 0.6) is 5.75 Å². The van der Waals surface area contributed by atoms with Crippen molar-refractivity contribution in [3.8, 4) is 5.75 Å². The second-order valence-corrected chi connectivity index (χ2v) is 5.75. The fraction of sp³-hybridized carbons (Fsp3) is 0.500. The van der Waals surface area contributed by atoms with Crippen molar-refractivity contribution in [2.45, 2.75) is 40.0 Å². The minimum atomic E-state index is -0.0541. The maximum Gasteiger partial charge on any atom is 0.226 e. The van der Waals surface area contributed by atoms with Gasteiger partial charge in [0.1, 0.15) is 5.75 Å². The zero-order valence-electron chi connectivity index (χ0n) is 12.9. The summed E-state index contributed by atoms with van der Waals surface area (Å²) < 4.78 is 5.65. The smallest absolute Gasteiger partial charge is 0.226 e. The fourth-order valence-corrected chi connectivity index (χ4v) is 1.85. The largest absolute Gasteiger partial charge is 0.493 e. The van der Waals surface area contributed by atoms with Crippen LogP contribution in [0.25, 0.3) is 0 Å². The summed E-state index contributed by atoms with van der Waals surface area (Å²) in [6.45, 7) is 6.92. The Bertz CT molecular complexity index is 475. The van der Waals surface area contributed by atoms with Crippen molar-refractivity contribution in [3.05, 3.63) is 24.3 Å². The first-order valence-corrected chi connectivity index (χ1v) is 7.75. The highest BCUT2D eigenvalue weighted by molar-refractivity contribution is 7.80. The maximum absolute atomic E-state index is 11.6. The molecule has 0 saturated carbocycles. The Labute approximate surface area is 132 Å². The molecule has 1 amide bonds. The highest BCUT2D eigenvalue weighted by atomic mass is 32.1. The van der Waals surface area contributed by atoms with E-state index in [9.17, 15) is 4.79 Å². The molecule has 0 spiro atoms. The molecule has 0 unspecified atom stereocenters. The predicted octanol–water partition coefficient (Wildman–Crippen LogP) is 3.72. The van der Waals surface area contributed by atoms with E-state index in [1.165, 1.54) is 0 Å². The standard InChI is InChI=1S/C16H24N2O2S/c1-4-5-9-15(19)18-16(21)17-13-7-6-8-14(10-13)20-11-12(2)3/h6-8,10,12H,4-5,9,11H2,1-3H3,(H2,17,18,19,21). The van der Waals surface area contributed by atoms with Gasteiger partial charge in [-0.05, 0) is 36.7 Å². The summed E-state index contributed by atoms with van der Waals surface area (Å²) in [5.74, 6) is 1.20. The summed E-state index contributed by atoms with van der Waals surface area (Å²) in [4.78, 5) is 11.6. The summed E-state index contributed by atoms with van der Waals surface area (Å²) in [5.41, 5.74) is 0.803. The number of anilines is 1. The molecule has 4 nitrogen and oxygen atoms in total. The monoisotopic (exact) mass is 308 g/mol. The van der Waals surface area contributed by atoms with Crippen LogP contribution in [0.4, 0.5) is 5.69 Å². The Morgan fingerprint density at radius 3 is 2.81 bits per heavy atom. The van der Waals surface area contributed by atoms with Crippen LogP contribution in [-0.2, 0) is 4.79 Å². The van der Waals surface area contributed by atoms with Gasteiger partial charge in [0, 0.05) is 18.2 Å². The molecule has 1 aromatic carbocycles. The molecule has 1 aromatic rings. The van der Waals surface area contributed by atoms with Gasteiger partial charge in [-0.1, -0.05) is 33.3 Å². The van der Waals surface area contributed by atoms with E-state index in [0.717, 1.165) is 24.3 Å². The third-order valence-electron chi connectivity index (χ3n) is 2.69. The molecule has 5 heteroatoms. The molecule has 0 aliphatic rings. The third kappa shape index (κ3) is 7.66. The lowest BCUT2D eigenvalue weighted by Crippen LogP contribution is -2.33. The normalized spacial score (nSPS) is 10.3. The Morgan fingerprint density at radius 1 is 1.38 bits per heavy atom. The molecule has 0 atom stereocenters. The molecular weight excluding hydrogens is 284 g/mol. The van der Waals surface area contributed by atoms with E-state index in [-0.39, 0.29) is 5.91 Å². The Hall–Kier alpha value is -1.62. The van der Waals surface area contributed by atoms with E-state index in [4.69, 9.17) is 17.0 Å². The van der Waals surface area contributed by atoms with Gasteiger partial charge in [0.2, 0.25) is 5.91 Å². The average Bonchev–Trinajstić information content (AvgIpc) is 2.43. The Balaban J connectivity index is 2.48. The number of ether oxygens (including phenoxy) is 1. The molecule has 0 aliphatic carbocycles. The van der Waals surface area contributed by atoms with Gasteiger partial charge < -0.3 is 15.4 Å².